The van der Waals surface area contributed by atoms with Crippen LogP contribution in [0.1, 0.15) is 53.3 Å². The second-order valence-electron chi connectivity index (χ2n) is 9.52. The lowest BCUT2D eigenvalue weighted by Gasteiger charge is -2.30. The van der Waals surface area contributed by atoms with Crippen molar-refractivity contribution in [3.05, 3.63) is 70.8 Å². The summed E-state index contributed by atoms with van der Waals surface area (Å²) in [5.74, 6) is 2.13. The number of nitrogens with zero attached hydrogens (tertiary/aromatic N) is 5. The smallest absolute Gasteiger partial charge is 0.346 e. The quantitative estimate of drug-likeness (QED) is 0.533. The van der Waals surface area contributed by atoms with Crippen molar-refractivity contribution >= 4 is 6.03 Å². The van der Waals surface area contributed by atoms with E-state index in [1.165, 1.54) is 17.5 Å². The lowest BCUT2D eigenvalue weighted by molar-refractivity contribution is -0.0164. The van der Waals surface area contributed by atoms with E-state index in [2.05, 4.69) is 34.3 Å². The molecule has 6 rings (SSSR count). The Labute approximate surface area is 214 Å². The number of hydrogen-bond acceptors (Lipinski definition) is 8. The van der Waals surface area contributed by atoms with Gasteiger partial charge in [0.05, 0.1) is 13.2 Å². The van der Waals surface area contributed by atoms with Gasteiger partial charge in [0.1, 0.15) is 23.9 Å². The zero-order valence-electron chi connectivity index (χ0n) is 20.3. The van der Waals surface area contributed by atoms with Crippen LogP contribution in [0.25, 0.3) is 0 Å². The van der Waals surface area contributed by atoms with Crippen molar-refractivity contribution < 1.29 is 23.7 Å². The Kier molecular flexibility index (Phi) is 6.47. The highest BCUT2D eigenvalue weighted by Crippen LogP contribution is 2.41. The molecule has 0 bridgehead atoms. The Bertz CT molecular complexity index is 1290. The van der Waals surface area contributed by atoms with E-state index in [0.717, 1.165) is 46.6 Å². The van der Waals surface area contributed by atoms with E-state index in [1.807, 2.05) is 18.2 Å². The van der Waals surface area contributed by atoms with Crippen molar-refractivity contribution in [2.24, 2.45) is 5.92 Å². The summed E-state index contributed by atoms with van der Waals surface area (Å²) in [7, 11) is 0. The SMILES string of the molecule is N#Cc1ncn(C(=O)N2CCCC(C(c3ccc4c(c3)COCO4)c3ccc4c(c3)COCO4)CC2)n1. The first-order valence-electron chi connectivity index (χ1n) is 12.5. The Morgan fingerprint density at radius 1 is 0.973 bits per heavy atom. The number of carbonyl (C=O) groups excluding carboxylic acids is 1. The van der Waals surface area contributed by atoms with Gasteiger partial charge in [-0.25, -0.2) is 9.78 Å². The number of rotatable bonds is 3. The zero-order valence-corrected chi connectivity index (χ0v) is 20.3. The van der Waals surface area contributed by atoms with Crippen LogP contribution in [-0.2, 0) is 22.7 Å². The topological polar surface area (TPSA) is 112 Å². The normalized spacial score (nSPS) is 19.1. The number of ether oxygens (including phenoxy) is 4. The van der Waals surface area contributed by atoms with Gasteiger partial charge >= 0.3 is 6.03 Å². The summed E-state index contributed by atoms with van der Waals surface area (Å²) < 4.78 is 23.6. The molecule has 0 aliphatic carbocycles. The Morgan fingerprint density at radius 3 is 2.27 bits per heavy atom. The third-order valence-electron chi connectivity index (χ3n) is 7.30. The molecule has 1 fully saturated rings. The lowest BCUT2D eigenvalue weighted by atomic mass is 9.76. The molecule has 1 unspecified atom stereocenters. The highest BCUT2D eigenvalue weighted by atomic mass is 16.7. The van der Waals surface area contributed by atoms with Crippen molar-refractivity contribution in [3.8, 4) is 17.6 Å². The van der Waals surface area contributed by atoms with Crippen molar-refractivity contribution in [1.29, 1.82) is 5.26 Å². The molecule has 37 heavy (non-hydrogen) atoms. The molecule has 10 heteroatoms. The highest BCUT2D eigenvalue weighted by molar-refractivity contribution is 5.75. The van der Waals surface area contributed by atoms with Crippen LogP contribution in [0, 0.1) is 17.2 Å². The maximum atomic E-state index is 13.0. The average molecular weight is 502 g/mol. The molecule has 3 aliphatic heterocycles. The van der Waals surface area contributed by atoms with Gasteiger partial charge in [-0.05, 0) is 60.6 Å². The minimum absolute atomic E-state index is 0.0122. The van der Waals surface area contributed by atoms with Crippen molar-refractivity contribution in [2.75, 3.05) is 26.7 Å². The number of benzene rings is 2. The lowest BCUT2D eigenvalue weighted by Crippen LogP contribution is -2.36. The number of hydrogen-bond donors (Lipinski definition) is 0. The van der Waals surface area contributed by atoms with Crippen LogP contribution in [0.5, 0.6) is 11.5 Å². The minimum Gasteiger partial charge on any atom is -0.467 e. The average Bonchev–Trinajstić information content (AvgIpc) is 3.31. The maximum Gasteiger partial charge on any atom is 0.346 e. The molecule has 0 spiro atoms. The zero-order chi connectivity index (χ0) is 25.2. The third-order valence-corrected chi connectivity index (χ3v) is 7.30. The van der Waals surface area contributed by atoms with E-state index in [0.29, 0.717) is 32.2 Å². The van der Waals surface area contributed by atoms with Crippen LogP contribution in [0.4, 0.5) is 4.79 Å². The van der Waals surface area contributed by atoms with Crippen molar-refractivity contribution in [3.63, 3.8) is 0 Å². The number of likely N-dealkylation sites (tertiary alicyclic amines) is 1. The van der Waals surface area contributed by atoms with Crippen LogP contribution in [0.3, 0.4) is 0 Å². The summed E-state index contributed by atoms with van der Waals surface area (Å²) in [4.78, 5) is 18.7. The van der Waals surface area contributed by atoms with E-state index in [9.17, 15) is 4.79 Å². The first kappa shape index (κ1) is 23.5. The summed E-state index contributed by atoms with van der Waals surface area (Å²) in [6.07, 6.45) is 3.95. The third kappa shape index (κ3) is 4.75. The van der Waals surface area contributed by atoms with Crippen LogP contribution >= 0.6 is 0 Å². The Morgan fingerprint density at radius 2 is 1.65 bits per heavy atom. The number of fused-ring (bicyclic) bond motifs is 2. The fraction of sp³-hybridized carbons (Fsp3) is 0.407. The van der Waals surface area contributed by atoms with Crippen LogP contribution in [-0.4, -0.2) is 52.4 Å². The second kappa shape index (κ2) is 10.2. The van der Waals surface area contributed by atoms with E-state index in [1.54, 1.807) is 4.90 Å². The summed E-state index contributed by atoms with van der Waals surface area (Å²) in [5.41, 5.74) is 4.49. The van der Waals surface area contributed by atoms with Gasteiger partial charge in [-0.3, -0.25) is 0 Å². The van der Waals surface area contributed by atoms with Gasteiger partial charge in [0.2, 0.25) is 0 Å². The number of aromatic nitrogens is 3. The number of carbonyl (C=O) groups is 1. The molecule has 3 aromatic rings. The predicted octanol–water partition coefficient (Wildman–Crippen LogP) is 3.79. The van der Waals surface area contributed by atoms with Gasteiger partial charge in [0.25, 0.3) is 5.82 Å². The fourth-order valence-electron chi connectivity index (χ4n) is 5.54. The first-order valence-corrected chi connectivity index (χ1v) is 12.5. The summed E-state index contributed by atoms with van der Waals surface area (Å²) >= 11 is 0. The van der Waals surface area contributed by atoms with E-state index >= 15 is 0 Å². The Balaban J connectivity index is 1.30. The van der Waals surface area contributed by atoms with Gasteiger partial charge in [-0.2, -0.15) is 9.94 Å². The van der Waals surface area contributed by atoms with Crippen LogP contribution in [0.2, 0.25) is 0 Å². The summed E-state index contributed by atoms with van der Waals surface area (Å²) in [5, 5.41) is 13.0. The number of amides is 1. The molecule has 0 saturated carbocycles. The second-order valence-corrected chi connectivity index (χ2v) is 9.52. The molecule has 1 aromatic heterocycles. The van der Waals surface area contributed by atoms with Crippen LogP contribution < -0.4 is 9.47 Å². The maximum absolute atomic E-state index is 13.0. The molecular weight excluding hydrogens is 474 g/mol. The van der Waals surface area contributed by atoms with Gasteiger partial charge in [0.15, 0.2) is 13.6 Å². The van der Waals surface area contributed by atoms with Crippen molar-refractivity contribution in [1.82, 2.24) is 19.7 Å². The molecule has 4 heterocycles. The molecule has 2 aromatic carbocycles. The van der Waals surface area contributed by atoms with E-state index in [4.69, 9.17) is 24.2 Å². The van der Waals surface area contributed by atoms with Crippen molar-refractivity contribution in [2.45, 2.75) is 38.4 Å². The van der Waals surface area contributed by atoms with E-state index in [-0.39, 0.29) is 31.4 Å². The molecule has 1 atom stereocenters. The molecule has 0 radical (unpaired) electrons. The van der Waals surface area contributed by atoms with E-state index < -0.39 is 0 Å². The number of nitriles is 1. The molecule has 10 nitrogen and oxygen atoms in total. The van der Waals surface area contributed by atoms with Gasteiger partial charge in [0, 0.05) is 30.1 Å². The molecule has 1 amide bonds. The first-order chi connectivity index (χ1) is 18.2. The predicted molar refractivity (Wildman–Crippen MR) is 130 cm³/mol. The summed E-state index contributed by atoms with van der Waals surface area (Å²) in [6.45, 7) is 2.82. The Hall–Kier alpha value is -3.94. The monoisotopic (exact) mass is 501 g/mol. The standard InChI is InChI=1S/C27H27N5O5/c28-12-25-29-15-32(30-25)27(33)31-8-1-2-18(7-9-31)26(19-3-5-23-21(10-19)13-34-16-36-23)20-4-6-24-22(11-20)14-35-17-37-24/h3-6,10-11,15,18,26H,1-2,7-9,13-14,16-17H2. The molecule has 3 aliphatic rings. The summed E-state index contributed by atoms with van der Waals surface area (Å²) in [6, 6.07) is 14.4. The van der Waals surface area contributed by atoms with Gasteiger partial charge in [-0.15, -0.1) is 5.10 Å². The van der Waals surface area contributed by atoms with Gasteiger partial charge < -0.3 is 23.8 Å². The largest absolute Gasteiger partial charge is 0.467 e. The molecular formula is C27H27N5O5. The van der Waals surface area contributed by atoms with Crippen LogP contribution in [0.15, 0.2) is 42.7 Å². The fourth-order valence-corrected chi connectivity index (χ4v) is 5.54. The molecule has 0 N–H and O–H groups in total. The van der Waals surface area contributed by atoms with Gasteiger partial charge in [-0.1, -0.05) is 12.1 Å². The molecule has 190 valence electrons. The minimum atomic E-state index is -0.252. The molecule has 1 saturated heterocycles. The highest BCUT2D eigenvalue weighted by Gasteiger charge is 2.31.